The fraction of sp³-hybridized carbons (Fsp3) is 0.0769. The highest BCUT2D eigenvalue weighted by atomic mass is 15.4. The van der Waals surface area contributed by atoms with E-state index in [2.05, 4.69) is 70.2 Å². The second kappa shape index (κ2) is 10.3. The predicted molar refractivity (Wildman–Crippen MR) is 125 cm³/mol. The third kappa shape index (κ3) is 5.26. The van der Waals surface area contributed by atoms with Gasteiger partial charge in [-0.2, -0.15) is 0 Å². The van der Waals surface area contributed by atoms with Gasteiger partial charge in [0.1, 0.15) is 0 Å². The van der Waals surface area contributed by atoms with Crippen LogP contribution in [-0.4, -0.2) is 0 Å². The van der Waals surface area contributed by atoms with Crippen LogP contribution in [0.25, 0.3) is 0 Å². The molecule has 2 unspecified atom stereocenters. The maximum absolute atomic E-state index is 3.53. The first-order chi connectivity index (χ1) is 14.9. The molecule has 0 fully saturated rings. The number of hydrogen-bond acceptors (Lipinski definition) is 4. The van der Waals surface area contributed by atoms with E-state index in [1.165, 1.54) is 11.1 Å². The zero-order valence-electron chi connectivity index (χ0n) is 16.7. The molecule has 0 amide bonds. The van der Waals surface area contributed by atoms with Crippen molar-refractivity contribution in [2.75, 3.05) is 10.9 Å². The summed E-state index contributed by atoms with van der Waals surface area (Å²) in [7, 11) is 0. The number of hydrazine groups is 2. The fourth-order valence-electron chi connectivity index (χ4n) is 3.40. The quantitative estimate of drug-likeness (QED) is 0.275. The number of para-hydroxylation sites is 2. The van der Waals surface area contributed by atoms with Crippen LogP contribution in [0.1, 0.15) is 23.2 Å². The summed E-state index contributed by atoms with van der Waals surface area (Å²) < 4.78 is 0. The predicted octanol–water partition coefficient (Wildman–Crippen LogP) is 5.70. The zero-order chi connectivity index (χ0) is 20.4. The first-order valence-electron chi connectivity index (χ1n) is 10.1. The highest BCUT2D eigenvalue weighted by molar-refractivity contribution is 5.43. The lowest BCUT2D eigenvalue weighted by Gasteiger charge is -2.31. The Morgan fingerprint density at radius 2 is 0.667 bits per heavy atom. The van der Waals surface area contributed by atoms with Gasteiger partial charge in [0.2, 0.25) is 0 Å². The van der Waals surface area contributed by atoms with E-state index in [1.54, 1.807) is 0 Å². The van der Waals surface area contributed by atoms with Crippen molar-refractivity contribution in [3.05, 3.63) is 132 Å². The highest BCUT2D eigenvalue weighted by Crippen LogP contribution is 2.29. The first-order valence-corrected chi connectivity index (χ1v) is 10.1. The van der Waals surface area contributed by atoms with E-state index in [0.717, 1.165) is 11.4 Å². The van der Waals surface area contributed by atoms with Crippen molar-refractivity contribution in [1.29, 1.82) is 0 Å². The number of anilines is 2. The van der Waals surface area contributed by atoms with E-state index in [-0.39, 0.29) is 12.1 Å². The van der Waals surface area contributed by atoms with Crippen LogP contribution in [0.4, 0.5) is 11.4 Å². The minimum atomic E-state index is -0.0370. The maximum Gasteiger partial charge on any atom is 0.0722 e. The molecule has 4 aromatic rings. The van der Waals surface area contributed by atoms with Gasteiger partial charge in [-0.25, -0.2) is 10.9 Å². The molecule has 30 heavy (non-hydrogen) atoms. The second-order valence-corrected chi connectivity index (χ2v) is 7.05. The average Bonchev–Trinajstić information content (AvgIpc) is 2.83. The molecule has 0 saturated heterocycles. The van der Waals surface area contributed by atoms with Gasteiger partial charge in [-0.3, -0.25) is 0 Å². The summed E-state index contributed by atoms with van der Waals surface area (Å²) >= 11 is 0. The summed E-state index contributed by atoms with van der Waals surface area (Å²) in [6.07, 6.45) is 0. The van der Waals surface area contributed by atoms with Crippen LogP contribution in [0.2, 0.25) is 0 Å². The Morgan fingerprint density at radius 3 is 1.00 bits per heavy atom. The van der Waals surface area contributed by atoms with Crippen LogP contribution in [0, 0.1) is 0 Å². The molecular formula is C26H26N4. The van der Waals surface area contributed by atoms with Crippen molar-refractivity contribution in [2.24, 2.45) is 0 Å². The number of nitrogens with one attached hydrogen (secondary N) is 4. The number of rotatable bonds is 9. The third-order valence-electron chi connectivity index (χ3n) is 4.94. The monoisotopic (exact) mass is 394 g/mol. The minimum Gasteiger partial charge on any atom is -0.321 e. The van der Waals surface area contributed by atoms with Gasteiger partial charge in [0.05, 0.1) is 12.1 Å². The number of hydrogen-bond donors (Lipinski definition) is 4. The van der Waals surface area contributed by atoms with Crippen molar-refractivity contribution in [3.8, 4) is 0 Å². The van der Waals surface area contributed by atoms with Gasteiger partial charge in [-0.1, -0.05) is 97.1 Å². The van der Waals surface area contributed by atoms with E-state index in [0.29, 0.717) is 0 Å². The van der Waals surface area contributed by atoms with Crippen LogP contribution in [0.3, 0.4) is 0 Å². The Labute approximate surface area is 177 Å². The molecule has 0 aliphatic carbocycles. The molecule has 0 radical (unpaired) electrons. The van der Waals surface area contributed by atoms with Gasteiger partial charge in [0.15, 0.2) is 0 Å². The van der Waals surface area contributed by atoms with E-state index >= 15 is 0 Å². The second-order valence-electron chi connectivity index (χ2n) is 7.05. The lowest BCUT2D eigenvalue weighted by molar-refractivity contribution is 0.428. The van der Waals surface area contributed by atoms with Crippen LogP contribution in [0.5, 0.6) is 0 Å². The molecule has 4 heteroatoms. The van der Waals surface area contributed by atoms with Gasteiger partial charge in [0, 0.05) is 11.4 Å². The summed E-state index contributed by atoms with van der Waals surface area (Å²) in [5, 5.41) is 0. The summed E-state index contributed by atoms with van der Waals surface area (Å²) in [6, 6.07) is 41.1. The van der Waals surface area contributed by atoms with E-state index in [1.807, 2.05) is 72.8 Å². The summed E-state index contributed by atoms with van der Waals surface area (Å²) in [4.78, 5) is 0. The normalized spacial score (nSPS) is 12.7. The van der Waals surface area contributed by atoms with Crippen molar-refractivity contribution < 1.29 is 0 Å². The van der Waals surface area contributed by atoms with Gasteiger partial charge in [0.25, 0.3) is 0 Å². The standard InChI is InChI=1S/C26H26N4/c1-5-13-21(14-6-1)25(29-27-23-17-9-3-10-18-23)26(22-15-7-2-8-16-22)30-28-24-19-11-4-12-20-24/h1-20,25-30H. The molecule has 4 N–H and O–H groups in total. The molecule has 4 aromatic carbocycles. The molecule has 4 rings (SSSR count). The summed E-state index contributed by atoms with van der Waals surface area (Å²) in [6.45, 7) is 0. The fourth-order valence-corrected chi connectivity index (χ4v) is 3.40. The summed E-state index contributed by atoms with van der Waals surface area (Å²) in [5.74, 6) is 0. The van der Waals surface area contributed by atoms with Crippen molar-refractivity contribution in [2.45, 2.75) is 12.1 Å². The highest BCUT2D eigenvalue weighted by Gasteiger charge is 2.24. The lowest BCUT2D eigenvalue weighted by atomic mass is 9.94. The third-order valence-corrected chi connectivity index (χ3v) is 4.94. The molecule has 2 atom stereocenters. The molecule has 0 aliphatic rings. The van der Waals surface area contributed by atoms with Gasteiger partial charge >= 0.3 is 0 Å². The lowest BCUT2D eigenvalue weighted by Crippen LogP contribution is -2.40. The molecule has 0 bridgehead atoms. The average molecular weight is 395 g/mol. The molecule has 0 aliphatic heterocycles. The topological polar surface area (TPSA) is 48.1 Å². The first kappa shape index (κ1) is 19.7. The largest absolute Gasteiger partial charge is 0.321 e. The molecule has 0 spiro atoms. The van der Waals surface area contributed by atoms with Crippen molar-refractivity contribution in [1.82, 2.24) is 10.9 Å². The SMILES string of the molecule is c1ccc(NNC(c2ccccc2)C(NNc2ccccc2)c2ccccc2)cc1. The summed E-state index contributed by atoms with van der Waals surface area (Å²) in [5.41, 5.74) is 18.2. The van der Waals surface area contributed by atoms with Gasteiger partial charge in [-0.15, -0.1) is 0 Å². The molecular weight excluding hydrogens is 368 g/mol. The van der Waals surface area contributed by atoms with E-state index < -0.39 is 0 Å². The Kier molecular flexibility index (Phi) is 6.74. The Hall–Kier alpha value is -3.60. The number of benzene rings is 4. The van der Waals surface area contributed by atoms with Crippen LogP contribution in [0.15, 0.2) is 121 Å². The molecule has 150 valence electrons. The van der Waals surface area contributed by atoms with Crippen LogP contribution in [-0.2, 0) is 0 Å². The van der Waals surface area contributed by atoms with Crippen molar-refractivity contribution >= 4 is 11.4 Å². The van der Waals surface area contributed by atoms with Crippen molar-refractivity contribution in [3.63, 3.8) is 0 Å². The smallest absolute Gasteiger partial charge is 0.0722 e. The molecule has 0 heterocycles. The Balaban J connectivity index is 1.63. The molecule has 4 nitrogen and oxygen atoms in total. The minimum absolute atomic E-state index is 0.0370. The Bertz CT molecular complexity index is 907. The van der Waals surface area contributed by atoms with E-state index in [4.69, 9.17) is 0 Å². The van der Waals surface area contributed by atoms with Crippen LogP contribution < -0.4 is 21.7 Å². The zero-order valence-corrected chi connectivity index (χ0v) is 16.7. The molecule has 0 saturated carbocycles. The Morgan fingerprint density at radius 1 is 0.367 bits per heavy atom. The van der Waals surface area contributed by atoms with Crippen LogP contribution >= 0.6 is 0 Å². The van der Waals surface area contributed by atoms with Gasteiger partial charge in [-0.05, 0) is 35.4 Å². The maximum atomic E-state index is 3.53. The van der Waals surface area contributed by atoms with E-state index in [9.17, 15) is 0 Å². The van der Waals surface area contributed by atoms with Gasteiger partial charge < -0.3 is 10.9 Å². The molecule has 0 aromatic heterocycles.